The molecule has 4 heteroatoms. The van der Waals surface area contributed by atoms with Crippen LogP contribution in [0.15, 0.2) is 30.3 Å². The highest BCUT2D eigenvalue weighted by atomic mass is 16.4. The fraction of sp³-hybridized carbons (Fsp3) is 0.533. The number of hydrogen-bond donors (Lipinski definition) is 1. The third kappa shape index (κ3) is 4.33. The molecular formula is C15H22N2O2. The number of carboxylic acid groups (broad SMARTS) is 1. The van der Waals surface area contributed by atoms with Crippen molar-refractivity contribution in [1.82, 2.24) is 9.80 Å². The van der Waals surface area contributed by atoms with Gasteiger partial charge in [0.2, 0.25) is 0 Å². The van der Waals surface area contributed by atoms with Crippen molar-refractivity contribution in [2.24, 2.45) is 0 Å². The molecule has 0 radical (unpaired) electrons. The highest BCUT2D eigenvalue weighted by molar-refractivity contribution is 5.67. The molecule has 1 heterocycles. The zero-order valence-electron chi connectivity index (χ0n) is 11.5. The van der Waals surface area contributed by atoms with Crippen LogP contribution < -0.4 is 0 Å². The van der Waals surface area contributed by atoms with Crippen LogP contribution in [-0.4, -0.2) is 60.1 Å². The van der Waals surface area contributed by atoms with Crippen LogP contribution in [0.3, 0.4) is 0 Å². The first-order chi connectivity index (χ1) is 9.15. The van der Waals surface area contributed by atoms with Crippen LogP contribution in [0, 0.1) is 0 Å². The summed E-state index contributed by atoms with van der Waals surface area (Å²) in [5.41, 5.74) is 1.22. The van der Waals surface area contributed by atoms with Gasteiger partial charge in [0, 0.05) is 32.2 Å². The summed E-state index contributed by atoms with van der Waals surface area (Å²) < 4.78 is 0. The molecule has 1 aromatic rings. The fourth-order valence-electron chi connectivity index (χ4n) is 2.61. The molecule has 0 bridgehead atoms. The van der Waals surface area contributed by atoms with E-state index in [4.69, 9.17) is 5.11 Å². The lowest BCUT2D eigenvalue weighted by atomic mass is 10.0. The van der Waals surface area contributed by atoms with E-state index in [-0.39, 0.29) is 12.5 Å². The lowest BCUT2D eigenvalue weighted by Crippen LogP contribution is -2.50. The molecule has 1 aromatic carbocycles. The molecule has 1 N–H and O–H groups in total. The number of carboxylic acids is 1. The van der Waals surface area contributed by atoms with E-state index in [0.717, 1.165) is 32.6 Å². The van der Waals surface area contributed by atoms with Crippen LogP contribution in [-0.2, 0) is 11.2 Å². The number of nitrogens with zero attached hydrogens (tertiary/aromatic N) is 2. The van der Waals surface area contributed by atoms with Gasteiger partial charge in [0.25, 0.3) is 0 Å². The summed E-state index contributed by atoms with van der Waals surface area (Å²) in [6.45, 7) is 3.96. The van der Waals surface area contributed by atoms with Crippen molar-refractivity contribution < 1.29 is 9.90 Å². The second-order valence-electron chi connectivity index (χ2n) is 5.28. The number of carbonyl (C=O) groups is 1. The molecule has 19 heavy (non-hydrogen) atoms. The fourth-order valence-corrected chi connectivity index (χ4v) is 2.61. The van der Waals surface area contributed by atoms with Gasteiger partial charge in [-0.15, -0.1) is 0 Å². The Balaban J connectivity index is 2.01. The molecule has 104 valence electrons. The summed E-state index contributed by atoms with van der Waals surface area (Å²) in [5.74, 6) is -0.708. The number of aliphatic carboxylic acids is 1. The Hall–Kier alpha value is -1.39. The van der Waals surface area contributed by atoms with Gasteiger partial charge in [-0.25, -0.2) is 0 Å². The van der Waals surface area contributed by atoms with Gasteiger partial charge in [-0.2, -0.15) is 0 Å². The first kappa shape index (κ1) is 14.0. The standard InChI is InChI=1S/C15H22N2O2/c1-16-7-9-17(10-8-16)14(12-15(18)19)11-13-5-3-2-4-6-13/h2-6,14H,7-12H2,1H3,(H,18,19). The maximum absolute atomic E-state index is 11.1. The van der Waals surface area contributed by atoms with Crippen LogP contribution in [0.5, 0.6) is 0 Å². The summed E-state index contributed by atoms with van der Waals surface area (Å²) in [6.07, 6.45) is 1.04. The third-order valence-electron chi connectivity index (χ3n) is 3.78. The van der Waals surface area contributed by atoms with Gasteiger partial charge in [-0.1, -0.05) is 30.3 Å². The van der Waals surface area contributed by atoms with Crippen LogP contribution >= 0.6 is 0 Å². The Morgan fingerprint density at radius 2 is 1.84 bits per heavy atom. The maximum atomic E-state index is 11.1. The van der Waals surface area contributed by atoms with Crippen LogP contribution in [0.25, 0.3) is 0 Å². The number of hydrogen-bond acceptors (Lipinski definition) is 3. The first-order valence-electron chi connectivity index (χ1n) is 6.83. The van der Waals surface area contributed by atoms with E-state index in [9.17, 15) is 4.79 Å². The van der Waals surface area contributed by atoms with E-state index < -0.39 is 5.97 Å². The highest BCUT2D eigenvalue weighted by Gasteiger charge is 2.24. The molecule has 1 aliphatic rings. The molecule has 1 unspecified atom stereocenters. The zero-order chi connectivity index (χ0) is 13.7. The SMILES string of the molecule is CN1CCN(C(CC(=O)O)Cc2ccccc2)CC1. The Morgan fingerprint density at radius 3 is 2.42 bits per heavy atom. The molecule has 2 rings (SSSR count). The molecule has 4 nitrogen and oxygen atoms in total. The molecule has 0 aromatic heterocycles. The van der Waals surface area contributed by atoms with Gasteiger partial charge < -0.3 is 10.0 Å². The van der Waals surface area contributed by atoms with E-state index in [2.05, 4.69) is 29.0 Å². The minimum absolute atomic E-state index is 0.105. The van der Waals surface area contributed by atoms with E-state index in [0.29, 0.717) is 0 Å². The Kier molecular flexibility index (Phi) is 4.93. The molecule has 1 aliphatic heterocycles. The van der Waals surface area contributed by atoms with E-state index in [1.54, 1.807) is 0 Å². The quantitative estimate of drug-likeness (QED) is 0.869. The monoisotopic (exact) mass is 262 g/mol. The van der Waals surface area contributed by atoms with Crippen molar-refractivity contribution in [1.29, 1.82) is 0 Å². The lowest BCUT2D eigenvalue weighted by molar-refractivity contribution is -0.138. The van der Waals surface area contributed by atoms with Crippen molar-refractivity contribution in [2.45, 2.75) is 18.9 Å². The molecule has 1 fully saturated rings. The van der Waals surface area contributed by atoms with Gasteiger partial charge >= 0.3 is 5.97 Å². The number of benzene rings is 1. The van der Waals surface area contributed by atoms with Crippen molar-refractivity contribution >= 4 is 5.97 Å². The average Bonchev–Trinajstić information content (AvgIpc) is 2.39. The van der Waals surface area contributed by atoms with Gasteiger partial charge in [-0.05, 0) is 19.0 Å². The topological polar surface area (TPSA) is 43.8 Å². The van der Waals surface area contributed by atoms with Crippen LogP contribution in [0.1, 0.15) is 12.0 Å². The van der Waals surface area contributed by atoms with Gasteiger partial charge in [0.1, 0.15) is 0 Å². The van der Waals surface area contributed by atoms with Crippen LogP contribution in [0.2, 0.25) is 0 Å². The predicted molar refractivity (Wildman–Crippen MR) is 75.3 cm³/mol. The number of likely N-dealkylation sites (N-methyl/N-ethyl adjacent to an activating group) is 1. The van der Waals surface area contributed by atoms with E-state index in [1.807, 2.05) is 18.2 Å². The largest absolute Gasteiger partial charge is 0.481 e. The Morgan fingerprint density at radius 1 is 1.21 bits per heavy atom. The molecule has 0 spiro atoms. The van der Waals surface area contributed by atoms with Crippen molar-refractivity contribution in [3.63, 3.8) is 0 Å². The number of rotatable bonds is 5. The zero-order valence-corrected chi connectivity index (χ0v) is 11.5. The minimum atomic E-state index is -0.708. The second kappa shape index (κ2) is 6.68. The molecule has 0 saturated carbocycles. The van der Waals surface area contributed by atoms with E-state index in [1.165, 1.54) is 5.56 Å². The molecule has 1 atom stereocenters. The summed E-state index contributed by atoms with van der Waals surface area (Å²) in [5, 5.41) is 9.11. The normalized spacial score (nSPS) is 19.2. The average molecular weight is 262 g/mol. The first-order valence-corrected chi connectivity index (χ1v) is 6.83. The van der Waals surface area contributed by atoms with E-state index >= 15 is 0 Å². The smallest absolute Gasteiger partial charge is 0.304 e. The number of piperazine rings is 1. The summed E-state index contributed by atoms with van der Waals surface area (Å²) in [6, 6.07) is 10.3. The molecule has 1 saturated heterocycles. The highest BCUT2D eigenvalue weighted by Crippen LogP contribution is 2.14. The second-order valence-corrected chi connectivity index (χ2v) is 5.28. The lowest BCUT2D eigenvalue weighted by Gasteiger charge is -2.37. The molecule has 0 amide bonds. The Labute approximate surface area is 114 Å². The third-order valence-corrected chi connectivity index (χ3v) is 3.78. The maximum Gasteiger partial charge on any atom is 0.304 e. The summed E-state index contributed by atoms with van der Waals surface area (Å²) >= 11 is 0. The minimum Gasteiger partial charge on any atom is -0.481 e. The predicted octanol–water partition coefficient (Wildman–Crippen LogP) is 1.32. The van der Waals surface area contributed by atoms with Gasteiger partial charge in [-0.3, -0.25) is 9.69 Å². The van der Waals surface area contributed by atoms with Crippen molar-refractivity contribution in [2.75, 3.05) is 33.2 Å². The van der Waals surface area contributed by atoms with Crippen LogP contribution in [0.4, 0.5) is 0 Å². The molecule has 0 aliphatic carbocycles. The van der Waals surface area contributed by atoms with Gasteiger partial charge in [0.05, 0.1) is 6.42 Å². The summed E-state index contributed by atoms with van der Waals surface area (Å²) in [7, 11) is 2.11. The van der Waals surface area contributed by atoms with Crippen molar-refractivity contribution in [3.05, 3.63) is 35.9 Å². The molecular weight excluding hydrogens is 240 g/mol. The van der Waals surface area contributed by atoms with Gasteiger partial charge in [0.15, 0.2) is 0 Å². The van der Waals surface area contributed by atoms with Crippen molar-refractivity contribution in [3.8, 4) is 0 Å². The Bertz CT molecular complexity index is 400. The summed E-state index contributed by atoms with van der Waals surface area (Å²) in [4.78, 5) is 15.7.